The van der Waals surface area contributed by atoms with Gasteiger partial charge in [-0.25, -0.2) is 0 Å². The molecule has 0 spiro atoms. The molecule has 0 fully saturated rings. The zero-order valence-electron chi connectivity index (χ0n) is 7.38. The molecule has 0 unspecified atom stereocenters. The fourth-order valence-electron chi connectivity index (χ4n) is 0.902. The van der Waals surface area contributed by atoms with Crippen LogP contribution in [0.15, 0.2) is 18.5 Å². The lowest BCUT2D eigenvalue weighted by Gasteiger charge is -2.20. The third-order valence-corrected chi connectivity index (χ3v) is 3.47. The van der Waals surface area contributed by atoms with E-state index in [1.54, 1.807) is 0 Å². The first-order valence-corrected chi connectivity index (χ1v) is 6.86. The van der Waals surface area contributed by atoms with Gasteiger partial charge in [0.1, 0.15) is 6.63 Å². The highest BCUT2D eigenvalue weighted by atomic mass is 35.9. The summed E-state index contributed by atoms with van der Waals surface area (Å²) in [6.07, 6.45) is 4.02. The Labute approximate surface area is 84.0 Å². The van der Waals surface area contributed by atoms with E-state index in [1.807, 2.05) is 18.5 Å². The van der Waals surface area contributed by atoms with Crippen LogP contribution in [0.2, 0.25) is 0 Å². The summed E-state index contributed by atoms with van der Waals surface area (Å²) in [5.74, 6) is 0. The lowest BCUT2D eigenvalue weighted by molar-refractivity contribution is 0.399. The van der Waals surface area contributed by atoms with Crippen molar-refractivity contribution in [2.45, 2.75) is 26.3 Å². The molecule has 0 aliphatic rings. The maximum Gasteiger partial charge on any atom is 0.118 e. The third kappa shape index (κ3) is 2.39. The van der Waals surface area contributed by atoms with E-state index in [9.17, 15) is 0 Å². The SMILES string of the molecule is CC(C)(C)n1ccc(P(Cl)Cl)c1. The number of aromatic nitrogens is 1. The van der Waals surface area contributed by atoms with Crippen molar-refractivity contribution < 1.29 is 0 Å². The van der Waals surface area contributed by atoms with Crippen molar-refractivity contribution in [2.24, 2.45) is 0 Å². The topological polar surface area (TPSA) is 4.93 Å². The van der Waals surface area contributed by atoms with E-state index in [4.69, 9.17) is 22.5 Å². The summed E-state index contributed by atoms with van der Waals surface area (Å²) in [6, 6.07) is 1.97. The van der Waals surface area contributed by atoms with E-state index in [0.29, 0.717) is 0 Å². The summed E-state index contributed by atoms with van der Waals surface area (Å²) in [5, 5.41) is 1.02. The molecule has 12 heavy (non-hydrogen) atoms. The molecule has 1 aromatic heterocycles. The largest absolute Gasteiger partial charge is 0.348 e. The van der Waals surface area contributed by atoms with Gasteiger partial charge in [-0.15, -0.1) is 0 Å². The molecule has 0 N–H and O–H groups in total. The van der Waals surface area contributed by atoms with Gasteiger partial charge < -0.3 is 4.57 Å². The van der Waals surface area contributed by atoms with Crippen molar-refractivity contribution in [2.75, 3.05) is 0 Å². The molecule has 0 atom stereocenters. The summed E-state index contributed by atoms with van der Waals surface area (Å²) in [6.45, 7) is 5.42. The van der Waals surface area contributed by atoms with Crippen LogP contribution in [-0.4, -0.2) is 4.57 Å². The van der Waals surface area contributed by atoms with Crippen molar-refractivity contribution in [3.8, 4) is 0 Å². The number of hydrogen-bond donors (Lipinski definition) is 0. The Morgan fingerprint density at radius 2 is 1.92 bits per heavy atom. The minimum absolute atomic E-state index is 0.109. The van der Waals surface area contributed by atoms with Crippen molar-refractivity contribution in [3.05, 3.63) is 18.5 Å². The average Bonchev–Trinajstić information content (AvgIpc) is 2.30. The summed E-state index contributed by atoms with van der Waals surface area (Å²) in [7, 11) is 0. The van der Waals surface area contributed by atoms with Crippen molar-refractivity contribution in [3.63, 3.8) is 0 Å². The van der Waals surface area contributed by atoms with Gasteiger partial charge in [0, 0.05) is 23.2 Å². The molecular formula is C8H12Cl2NP. The minimum atomic E-state index is -0.998. The number of hydrogen-bond acceptors (Lipinski definition) is 0. The molecule has 1 nitrogen and oxygen atoms in total. The van der Waals surface area contributed by atoms with E-state index in [0.717, 1.165) is 5.30 Å². The first kappa shape index (κ1) is 10.4. The summed E-state index contributed by atoms with van der Waals surface area (Å²) in [4.78, 5) is 0. The highest BCUT2D eigenvalue weighted by Gasteiger charge is 2.14. The van der Waals surface area contributed by atoms with Crippen LogP contribution in [0.5, 0.6) is 0 Å². The molecule has 0 radical (unpaired) electrons. The molecular weight excluding hydrogens is 212 g/mol. The van der Waals surface area contributed by atoms with Gasteiger partial charge in [0.15, 0.2) is 0 Å². The fraction of sp³-hybridized carbons (Fsp3) is 0.500. The Bertz CT molecular complexity index is 262. The van der Waals surface area contributed by atoms with Crippen LogP contribution in [0, 0.1) is 0 Å². The Kier molecular flexibility index (Phi) is 3.09. The zero-order valence-corrected chi connectivity index (χ0v) is 9.79. The normalized spacial score (nSPS) is 12.5. The Morgan fingerprint density at radius 1 is 1.33 bits per heavy atom. The lowest BCUT2D eigenvalue weighted by Crippen LogP contribution is -2.20. The molecule has 0 aliphatic heterocycles. The zero-order chi connectivity index (χ0) is 9.35. The second-order valence-corrected chi connectivity index (χ2v) is 7.21. The van der Waals surface area contributed by atoms with Crippen LogP contribution >= 0.6 is 29.1 Å². The molecule has 0 aromatic carbocycles. The van der Waals surface area contributed by atoms with E-state index in [-0.39, 0.29) is 5.54 Å². The molecule has 4 heteroatoms. The van der Waals surface area contributed by atoms with Gasteiger partial charge in [0.25, 0.3) is 0 Å². The van der Waals surface area contributed by atoms with Gasteiger partial charge in [-0.2, -0.15) is 0 Å². The number of halogens is 2. The molecule has 1 heterocycles. The first-order valence-electron chi connectivity index (χ1n) is 3.71. The highest BCUT2D eigenvalue weighted by Crippen LogP contribution is 2.45. The van der Waals surface area contributed by atoms with Gasteiger partial charge in [-0.1, -0.05) is 22.5 Å². The average molecular weight is 224 g/mol. The smallest absolute Gasteiger partial charge is 0.118 e. The van der Waals surface area contributed by atoms with Crippen LogP contribution < -0.4 is 5.30 Å². The molecule has 1 rings (SSSR count). The van der Waals surface area contributed by atoms with E-state index < -0.39 is 6.63 Å². The van der Waals surface area contributed by atoms with Crippen LogP contribution in [0.1, 0.15) is 20.8 Å². The van der Waals surface area contributed by atoms with Crippen LogP contribution in [-0.2, 0) is 5.54 Å². The summed E-state index contributed by atoms with van der Waals surface area (Å²) >= 11 is 11.6. The lowest BCUT2D eigenvalue weighted by atomic mass is 10.1. The monoisotopic (exact) mass is 223 g/mol. The Morgan fingerprint density at radius 3 is 2.17 bits per heavy atom. The molecule has 68 valence electrons. The second-order valence-electron chi connectivity index (χ2n) is 3.68. The fourth-order valence-corrected chi connectivity index (χ4v) is 1.89. The molecule has 0 aliphatic carbocycles. The van der Waals surface area contributed by atoms with Gasteiger partial charge in [-0.05, 0) is 26.8 Å². The second kappa shape index (κ2) is 3.57. The van der Waals surface area contributed by atoms with Gasteiger partial charge in [-0.3, -0.25) is 0 Å². The van der Waals surface area contributed by atoms with E-state index in [2.05, 4.69) is 25.3 Å². The molecule has 0 saturated heterocycles. The molecule has 0 saturated carbocycles. The third-order valence-electron chi connectivity index (χ3n) is 1.65. The Hall–Kier alpha value is 0.290. The minimum Gasteiger partial charge on any atom is -0.348 e. The first-order chi connectivity index (χ1) is 5.41. The van der Waals surface area contributed by atoms with Gasteiger partial charge in [0.05, 0.1) is 0 Å². The van der Waals surface area contributed by atoms with E-state index >= 15 is 0 Å². The van der Waals surface area contributed by atoms with Crippen molar-refractivity contribution in [1.82, 2.24) is 4.57 Å². The molecule has 0 amide bonds. The quantitative estimate of drug-likeness (QED) is 0.641. The number of rotatable bonds is 1. The maximum atomic E-state index is 5.78. The molecule has 1 aromatic rings. The van der Waals surface area contributed by atoms with Gasteiger partial charge in [0.2, 0.25) is 0 Å². The Balaban J connectivity index is 2.92. The van der Waals surface area contributed by atoms with Crippen molar-refractivity contribution >= 4 is 34.4 Å². The maximum absolute atomic E-state index is 5.78. The molecule has 0 bridgehead atoms. The standard InChI is InChI=1S/C8H12Cl2NP/c1-8(2,3)11-5-4-7(6-11)12(9)10/h4-6H,1-3H3. The predicted molar refractivity (Wildman–Crippen MR) is 57.7 cm³/mol. The number of nitrogens with zero attached hydrogens (tertiary/aromatic N) is 1. The van der Waals surface area contributed by atoms with Crippen LogP contribution in [0.4, 0.5) is 0 Å². The van der Waals surface area contributed by atoms with Crippen molar-refractivity contribution in [1.29, 1.82) is 0 Å². The van der Waals surface area contributed by atoms with Crippen LogP contribution in [0.25, 0.3) is 0 Å². The predicted octanol–water partition coefficient (Wildman–Crippen LogP) is 3.66. The summed E-state index contributed by atoms with van der Waals surface area (Å²) < 4.78 is 2.11. The van der Waals surface area contributed by atoms with E-state index in [1.165, 1.54) is 0 Å². The highest BCUT2D eigenvalue weighted by molar-refractivity contribution is 8.08. The summed E-state index contributed by atoms with van der Waals surface area (Å²) in [5.41, 5.74) is 0.109. The van der Waals surface area contributed by atoms with Crippen LogP contribution in [0.3, 0.4) is 0 Å². The van der Waals surface area contributed by atoms with Gasteiger partial charge >= 0.3 is 0 Å².